The molecule has 0 heterocycles. The van der Waals surface area contributed by atoms with Gasteiger partial charge in [0, 0.05) is 19.3 Å². The maximum Gasteiger partial charge on any atom is 0.239 e. The monoisotopic (exact) mass is 200 g/mol. The van der Waals surface area contributed by atoms with Gasteiger partial charge < -0.3 is 4.90 Å². The molecule has 0 radical (unpaired) electrons. The van der Waals surface area contributed by atoms with Crippen molar-refractivity contribution in [3.8, 4) is 6.07 Å². The molecule has 3 nitrogen and oxygen atoms in total. The second-order valence-corrected chi connectivity index (χ2v) is 3.83. The van der Waals surface area contributed by atoms with Gasteiger partial charge in [0.05, 0.1) is 6.07 Å². The van der Waals surface area contributed by atoms with Crippen LogP contribution < -0.4 is 0 Å². The summed E-state index contributed by atoms with van der Waals surface area (Å²) in [6.07, 6.45) is 2.60. The fourth-order valence-corrected chi connectivity index (χ4v) is 1.38. The smallest absolute Gasteiger partial charge is 0.239 e. The summed E-state index contributed by atoms with van der Waals surface area (Å²) in [6, 6.07) is 2.01. The first-order valence-electron chi connectivity index (χ1n) is 4.30. The molecule has 13 heavy (non-hydrogen) atoms. The van der Waals surface area contributed by atoms with Gasteiger partial charge in [-0.2, -0.15) is 17.0 Å². The summed E-state index contributed by atoms with van der Waals surface area (Å²) in [6.45, 7) is 2.58. The van der Waals surface area contributed by atoms with Crippen LogP contribution in [0.4, 0.5) is 0 Å². The summed E-state index contributed by atoms with van der Waals surface area (Å²) in [5.74, 6) is 0.398. The Kier molecular flexibility index (Phi) is 6.43. The van der Waals surface area contributed by atoms with E-state index in [1.807, 2.05) is 19.2 Å². The number of hydrogen-bond donors (Lipinski definition) is 0. The van der Waals surface area contributed by atoms with Gasteiger partial charge in [0.1, 0.15) is 5.92 Å². The minimum atomic E-state index is -0.466. The van der Waals surface area contributed by atoms with E-state index < -0.39 is 5.92 Å². The Morgan fingerprint density at radius 1 is 1.69 bits per heavy atom. The van der Waals surface area contributed by atoms with Gasteiger partial charge in [-0.1, -0.05) is 6.92 Å². The largest absolute Gasteiger partial charge is 0.344 e. The average Bonchev–Trinajstić information content (AvgIpc) is 2.15. The number of amides is 1. The molecule has 1 amide bonds. The van der Waals surface area contributed by atoms with Crippen LogP contribution in [0.1, 0.15) is 13.3 Å². The molecule has 0 N–H and O–H groups in total. The predicted octanol–water partition coefficient (Wildman–Crippen LogP) is 1.36. The van der Waals surface area contributed by atoms with Crippen molar-refractivity contribution in [3.63, 3.8) is 0 Å². The van der Waals surface area contributed by atoms with E-state index in [1.54, 1.807) is 23.7 Å². The van der Waals surface area contributed by atoms with Crippen molar-refractivity contribution in [2.45, 2.75) is 13.3 Å². The fraction of sp³-hybridized carbons (Fsp3) is 0.778. The van der Waals surface area contributed by atoms with Gasteiger partial charge in [-0.05, 0) is 12.7 Å². The Labute approximate surface area is 84.1 Å². The van der Waals surface area contributed by atoms with Gasteiger partial charge in [-0.15, -0.1) is 0 Å². The minimum absolute atomic E-state index is 0.0564. The molecule has 0 spiro atoms. The highest BCUT2D eigenvalue weighted by atomic mass is 32.2. The van der Waals surface area contributed by atoms with Gasteiger partial charge in [-0.25, -0.2) is 0 Å². The summed E-state index contributed by atoms with van der Waals surface area (Å²) >= 11 is 1.70. The molecule has 0 fully saturated rings. The van der Waals surface area contributed by atoms with Gasteiger partial charge >= 0.3 is 0 Å². The number of nitrogens with zero attached hydrogens (tertiary/aromatic N) is 2. The van der Waals surface area contributed by atoms with Crippen molar-refractivity contribution < 1.29 is 4.79 Å². The van der Waals surface area contributed by atoms with Crippen molar-refractivity contribution in [2.75, 3.05) is 25.6 Å². The lowest BCUT2D eigenvalue weighted by atomic mass is 10.1. The molecule has 0 bridgehead atoms. The zero-order valence-corrected chi connectivity index (χ0v) is 9.23. The Morgan fingerprint density at radius 3 is 2.69 bits per heavy atom. The molecule has 0 aromatic rings. The van der Waals surface area contributed by atoms with Crippen LogP contribution in [0.2, 0.25) is 0 Å². The zero-order chi connectivity index (χ0) is 10.3. The van der Waals surface area contributed by atoms with Gasteiger partial charge in [-0.3, -0.25) is 4.79 Å². The van der Waals surface area contributed by atoms with E-state index in [9.17, 15) is 4.79 Å². The number of rotatable bonds is 5. The lowest BCUT2D eigenvalue weighted by molar-refractivity contribution is -0.132. The van der Waals surface area contributed by atoms with Crippen LogP contribution in [0.3, 0.4) is 0 Å². The normalized spacial score (nSPS) is 11.8. The molecule has 0 aliphatic heterocycles. The Hall–Kier alpha value is -0.690. The molecule has 1 unspecified atom stereocenters. The molecule has 4 heteroatoms. The standard InChI is InChI=1S/C9H16N2OS/c1-4-8(7-10)9(12)11(2)5-6-13-3/h8H,4-6H2,1-3H3. The Morgan fingerprint density at radius 2 is 2.31 bits per heavy atom. The second-order valence-electron chi connectivity index (χ2n) is 2.84. The van der Waals surface area contributed by atoms with E-state index in [1.165, 1.54) is 0 Å². The summed E-state index contributed by atoms with van der Waals surface area (Å²) in [4.78, 5) is 13.1. The number of nitriles is 1. The predicted molar refractivity (Wildman–Crippen MR) is 55.4 cm³/mol. The number of thioether (sulfide) groups is 1. The summed E-state index contributed by atoms with van der Waals surface area (Å²) in [7, 11) is 1.75. The molecule has 0 rings (SSSR count). The van der Waals surface area contributed by atoms with Crippen molar-refractivity contribution in [2.24, 2.45) is 5.92 Å². The molecular weight excluding hydrogens is 184 g/mol. The highest BCUT2D eigenvalue weighted by molar-refractivity contribution is 7.98. The molecule has 0 saturated carbocycles. The molecule has 0 aliphatic rings. The van der Waals surface area contributed by atoms with E-state index in [2.05, 4.69) is 0 Å². The number of carbonyl (C=O) groups is 1. The van der Waals surface area contributed by atoms with Gasteiger partial charge in [0.15, 0.2) is 0 Å². The van der Waals surface area contributed by atoms with E-state index in [0.29, 0.717) is 6.42 Å². The van der Waals surface area contributed by atoms with Crippen molar-refractivity contribution in [1.82, 2.24) is 4.90 Å². The maximum absolute atomic E-state index is 11.5. The minimum Gasteiger partial charge on any atom is -0.344 e. The quantitative estimate of drug-likeness (QED) is 0.673. The number of carbonyl (C=O) groups excluding carboxylic acids is 1. The average molecular weight is 200 g/mol. The van der Waals surface area contributed by atoms with Crippen molar-refractivity contribution in [3.05, 3.63) is 0 Å². The van der Waals surface area contributed by atoms with E-state index in [-0.39, 0.29) is 5.91 Å². The van der Waals surface area contributed by atoms with Crippen molar-refractivity contribution >= 4 is 17.7 Å². The fourth-order valence-electron chi connectivity index (χ4n) is 0.926. The van der Waals surface area contributed by atoms with Crippen LogP contribution in [-0.2, 0) is 4.79 Å². The van der Waals surface area contributed by atoms with Crippen LogP contribution in [0.15, 0.2) is 0 Å². The Balaban J connectivity index is 4.01. The number of hydrogen-bond acceptors (Lipinski definition) is 3. The lowest BCUT2D eigenvalue weighted by Crippen LogP contribution is -2.33. The molecular formula is C9H16N2OS. The molecule has 0 aromatic heterocycles. The third-order valence-corrected chi connectivity index (χ3v) is 2.46. The first-order chi connectivity index (χ1) is 6.17. The molecule has 0 aliphatic carbocycles. The van der Waals surface area contributed by atoms with Crippen molar-refractivity contribution in [1.29, 1.82) is 5.26 Å². The summed E-state index contributed by atoms with van der Waals surface area (Å²) in [5, 5.41) is 8.67. The molecule has 0 aromatic carbocycles. The first kappa shape index (κ1) is 12.3. The molecule has 0 saturated heterocycles. The van der Waals surface area contributed by atoms with Gasteiger partial charge in [0.2, 0.25) is 5.91 Å². The molecule has 74 valence electrons. The first-order valence-corrected chi connectivity index (χ1v) is 5.70. The maximum atomic E-state index is 11.5. The zero-order valence-electron chi connectivity index (χ0n) is 8.41. The van der Waals surface area contributed by atoms with Crippen LogP contribution >= 0.6 is 11.8 Å². The van der Waals surface area contributed by atoms with Crippen LogP contribution in [-0.4, -0.2) is 36.4 Å². The lowest BCUT2D eigenvalue weighted by Gasteiger charge is -2.18. The third-order valence-electron chi connectivity index (χ3n) is 1.87. The van der Waals surface area contributed by atoms with Crippen LogP contribution in [0, 0.1) is 17.2 Å². The van der Waals surface area contributed by atoms with E-state index in [0.717, 1.165) is 12.3 Å². The third kappa shape index (κ3) is 4.18. The second kappa shape index (κ2) is 6.79. The van der Waals surface area contributed by atoms with E-state index >= 15 is 0 Å². The highest BCUT2D eigenvalue weighted by Crippen LogP contribution is 2.05. The van der Waals surface area contributed by atoms with Gasteiger partial charge in [0.25, 0.3) is 0 Å². The summed E-state index contributed by atoms with van der Waals surface area (Å²) < 4.78 is 0. The summed E-state index contributed by atoms with van der Waals surface area (Å²) in [5.41, 5.74) is 0. The SMILES string of the molecule is CCC(C#N)C(=O)N(C)CCSC. The topological polar surface area (TPSA) is 44.1 Å². The van der Waals surface area contributed by atoms with Crippen LogP contribution in [0.25, 0.3) is 0 Å². The van der Waals surface area contributed by atoms with Crippen LogP contribution in [0.5, 0.6) is 0 Å². The highest BCUT2D eigenvalue weighted by Gasteiger charge is 2.18. The van der Waals surface area contributed by atoms with E-state index in [4.69, 9.17) is 5.26 Å². The molecule has 1 atom stereocenters. The Bertz CT molecular complexity index is 200.